The van der Waals surface area contributed by atoms with Crippen molar-refractivity contribution < 1.29 is 0 Å². The van der Waals surface area contributed by atoms with Crippen LogP contribution in [0, 0.1) is 0 Å². The van der Waals surface area contributed by atoms with E-state index in [0.29, 0.717) is 5.70 Å². The maximum Gasteiger partial charge on any atom is 0.105 e. The van der Waals surface area contributed by atoms with E-state index in [4.69, 9.17) is 5.84 Å². The van der Waals surface area contributed by atoms with E-state index in [-0.39, 0.29) is 0 Å². The van der Waals surface area contributed by atoms with Crippen LogP contribution in [0.25, 0.3) is 5.70 Å². The molecule has 13 heavy (non-hydrogen) atoms. The Hall–Kier alpha value is -1.61. The van der Waals surface area contributed by atoms with Gasteiger partial charge in [0.2, 0.25) is 0 Å². The number of nitrogens with zero attached hydrogens (tertiary/aromatic N) is 2. The molecule has 0 saturated heterocycles. The zero-order chi connectivity index (χ0) is 9.68. The second-order valence-electron chi connectivity index (χ2n) is 2.72. The summed E-state index contributed by atoms with van der Waals surface area (Å²) in [5, 5.41) is 1.38. The fourth-order valence-corrected chi connectivity index (χ4v) is 0.866. The van der Waals surface area contributed by atoms with Crippen molar-refractivity contribution in [3.63, 3.8) is 0 Å². The molecule has 0 aromatic heterocycles. The fourth-order valence-electron chi connectivity index (χ4n) is 0.866. The second kappa shape index (κ2) is 4.42. The zero-order valence-corrected chi connectivity index (χ0v) is 7.64. The first kappa shape index (κ1) is 9.48. The highest BCUT2D eigenvalue weighted by Crippen LogP contribution is 2.11. The smallest absolute Gasteiger partial charge is 0.105 e. The minimum absolute atomic E-state index is 0.706. The second-order valence-corrected chi connectivity index (χ2v) is 2.72. The van der Waals surface area contributed by atoms with E-state index in [1.807, 2.05) is 30.3 Å². The summed E-state index contributed by atoms with van der Waals surface area (Å²) in [5.41, 5.74) is 1.71. The number of nitrogens with two attached hydrogens (primary N) is 1. The average molecular weight is 175 g/mol. The SMILES string of the molecule is C=C(N=CN(C)N)c1ccccc1. The van der Waals surface area contributed by atoms with Crippen LogP contribution in [0.15, 0.2) is 41.9 Å². The van der Waals surface area contributed by atoms with E-state index in [1.165, 1.54) is 11.3 Å². The lowest BCUT2D eigenvalue weighted by Gasteiger charge is -2.03. The quantitative estimate of drug-likeness (QED) is 0.327. The number of hydrogen-bond donors (Lipinski definition) is 1. The molecule has 0 saturated carbocycles. The summed E-state index contributed by atoms with van der Waals surface area (Å²) in [6.07, 6.45) is 1.52. The summed E-state index contributed by atoms with van der Waals surface area (Å²) in [7, 11) is 1.71. The summed E-state index contributed by atoms with van der Waals surface area (Å²) in [4.78, 5) is 4.08. The van der Waals surface area contributed by atoms with E-state index < -0.39 is 0 Å². The molecule has 2 N–H and O–H groups in total. The van der Waals surface area contributed by atoms with Crippen LogP contribution < -0.4 is 5.84 Å². The van der Waals surface area contributed by atoms with Crippen molar-refractivity contribution in [2.24, 2.45) is 10.8 Å². The molecule has 0 atom stereocenters. The summed E-state index contributed by atoms with van der Waals surface area (Å²) in [6.45, 7) is 3.82. The van der Waals surface area contributed by atoms with Gasteiger partial charge in [-0.15, -0.1) is 0 Å². The number of hydrazine groups is 1. The molecule has 0 radical (unpaired) electrons. The van der Waals surface area contributed by atoms with Crippen molar-refractivity contribution in [1.82, 2.24) is 5.01 Å². The molecule has 3 heteroatoms. The van der Waals surface area contributed by atoms with Crippen LogP contribution >= 0.6 is 0 Å². The molecule has 1 aromatic carbocycles. The van der Waals surface area contributed by atoms with Crippen LogP contribution in [0.3, 0.4) is 0 Å². The highest BCUT2D eigenvalue weighted by atomic mass is 15.4. The summed E-state index contributed by atoms with van der Waals surface area (Å²) >= 11 is 0. The van der Waals surface area contributed by atoms with Crippen molar-refractivity contribution in [3.8, 4) is 0 Å². The van der Waals surface area contributed by atoms with Gasteiger partial charge < -0.3 is 5.01 Å². The predicted octanol–water partition coefficient (Wildman–Crippen LogP) is 1.49. The average Bonchev–Trinajstić information content (AvgIpc) is 2.15. The molecule has 0 aliphatic carbocycles. The monoisotopic (exact) mass is 175 g/mol. The number of aliphatic imine (C=N–C) groups is 1. The molecule has 1 rings (SSSR count). The van der Waals surface area contributed by atoms with Gasteiger partial charge in [-0.25, -0.2) is 10.8 Å². The van der Waals surface area contributed by atoms with Crippen molar-refractivity contribution in [1.29, 1.82) is 0 Å². The summed E-state index contributed by atoms with van der Waals surface area (Å²) in [6, 6.07) is 9.76. The Morgan fingerprint density at radius 2 is 2.08 bits per heavy atom. The third-order valence-corrected chi connectivity index (χ3v) is 1.50. The first-order valence-corrected chi connectivity index (χ1v) is 3.96. The molecular formula is C10H13N3. The molecule has 0 bridgehead atoms. The number of rotatable bonds is 3. The Labute approximate surface area is 78.2 Å². The summed E-state index contributed by atoms with van der Waals surface area (Å²) in [5.74, 6) is 5.36. The lowest BCUT2D eigenvalue weighted by molar-refractivity contribution is 0.556. The van der Waals surface area contributed by atoms with E-state index in [9.17, 15) is 0 Å². The normalized spacial score (nSPS) is 10.3. The highest BCUT2D eigenvalue weighted by molar-refractivity contribution is 5.71. The molecule has 0 heterocycles. The predicted molar refractivity (Wildman–Crippen MR) is 55.9 cm³/mol. The van der Waals surface area contributed by atoms with E-state index in [1.54, 1.807) is 7.05 Å². The van der Waals surface area contributed by atoms with Crippen LogP contribution in [-0.2, 0) is 0 Å². The first-order chi connectivity index (χ1) is 6.20. The van der Waals surface area contributed by atoms with Gasteiger partial charge in [0.25, 0.3) is 0 Å². The van der Waals surface area contributed by atoms with Crippen LogP contribution in [0.2, 0.25) is 0 Å². The van der Waals surface area contributed by atoms with Gasteiger partial charge in [-0.3, -0.25) is 0 Å². The van der Waals surface area contributed by atoms with Gasteiger partial charge in [0, 0.05) is 7.05 Å². The number of hydrogen-bond acceptors (Lipinski definition) is 2. The Morgan fingerprint density at radius 3 is 2.62 bits per heavy atom. The van der Waals surface area contributed by atoms with Gasteiger partial charge in [-0.1, -0.05) is 36.9 Å². The molecule has 0 aliphatic rings. The Morgan fingerprint density at radius 1 is 1.46 bits per heavy atom. The maximum absolute atomic E-state index is 5.36. The van der Waals surface area contributed by atoms with Gasteiger partial charge in [0.15, 0.2) is 0 Å². The van der Waals surface area contributed by atoms with Gasteiger partial charge in [-0.05, 0) is 5.56 Å². The van der Waals surface area contributed by atoms with Crippen LogP contribution in [0.5, 0.6) is 0 Å². The molecule has 0 aliphatic heterocycles. The third-order valence-electron chi connectivity index (χ3n) is 1.50. The molecular weight excluding hydrogens is 162 g/mol. The molecule has 3 nitrogen and oxygen atoms in total. The largest absolute Gasteiger partial charge is 0.304 e. The van der Waals surface area contributed by atoms with Crippen molar-refractivity contribution in [3.05, 3.63) is 42.5 Å². The van der Waals surface area contributed by atoms with Gasteiger partial charge in [0.1, 0.15) is 6.34 Å². The molecule has 0 spiro atoms. The zero-order valence-electron chi connectivity index (χ0n) is 7.64. The Bertz CT molecular complexity index is 301. The molecule has 0 unspecified atom stereocenters. The minimum atomic E-state index is 0.706. The molecule has 68 valence electrons. The number of benzene rings is 1. The van der Waals surface area contributed by atoms with E-state index in [2.05, 4.69) is 11.6 Å². The topological polar surface area (TPSA) is 41.6 Å². The van der Waals surface area contributed by atoms with Gasteiger partial charge in [0.05, 0.1) is 5.70 Å². The van der Waals surface area contributed by atoms with Crippen molar-refractivity contribution in [2.75, 3.05) is 7.05 Å². The molecule has 1 aromatic rings. The van der Waals surface area contributed by atoms with Crippen molar-refractivity contribution >= 4 is 12.0 Å². The summed E-state index contributed by atoms with van der Waals surface area (Å²) < 4.78 is 0. The van der Waals surface area contributed by atoms with Crippen molar-refractivity contribution in [2.45, 2.75) is 0 Å². The maximum atomic E-state index is 5.36. The lowest BCUT2D eigenvalue weighted by Crippen LogP contribution is -2.23. The Kier molecular flexibility index (Phi) is 3.23. The minimum Gasteiger partial charge on any atom is -0.304 e. The highest BCUT2D eigenvalue weighted by Gasteiger charge is 1.92. The standard InChI is InChI=1S/C10H13N3/c1-9(12-8-13(2)11)10-6-4-3-5-7-10/h3-8H,1,11H2,2H3. The fraction of sp³-hybridized carbons (Fsp3) is 0.100. The third kappa shape index (κ3) is 3.09. The van der Waals surface area contributed by atoms with Gasteiger partial charge in [-0.2, -0.15) is 0 Å². The van der Waals surface area contributed by atoms with E-state index >= 15 is 0 Å². The van der Waals surface area contributed by atoms with Crippen LogP contribution in [-0.4, -0.2) is 18.4 Å². The molecule has 0 fully saturated rings. The van der Waals surface area contributed by atoms with Crippen LogP contribution in [0.4, 0.5) is 0 Å². The first-order valence-electron chi connectivity index (χ1n) is 3.96. The lowest BCUT2D eigenvalue weighted by atomic mass is 10.2. The molecule has 0 amide bonds. The Balaban J connectivity index is 2.70. The van der Waals surface area contributed by atoms with Crippen LogP contribution in [0.1, 0.15) is 5.56 Å². The van der Waals surface area contributed by atoms with E-state index in [0.717, 1.165) is 5.56 Å². The van der Waals surface area contributed by atoms with Gasteiger partial charge >= 0.3 is 0 Å².